The van der Waals surface area contributed by atoms with Crippen LogP contribution < -0.4 is 10.2 Å². The fourth-order valence-electron chi connectivity index (χ4n) is 2.89. The third-order valence-electron chi connectivity index (χ3n) is 4.07. The first-order valence-electron chi connectivity index (χ1n) is 7.57. The molecule has 1 aromatic rings. The van der Waals surface area contributed by atoms with Gasteiger partial charge in [-0.15, -0.1) is 0 Å². The van der Waals surface area contributed by atoms with Crippen molar-refractivity contribution in [1.82, 2.24) is 15.1 Å². The Balaban J connectivity index is 2.20. The summed E-state index contributed by atoms with van der Waals surface area (Å²) in [6, 6.07) is 1.03. The van der Waals surface area contributed by atoms with Crippen molar-refractivity contribution in [3.05, 3.63) is 11.3 Å². The van der Waals surface area contributed by atoms with Crippen LogP contribution in [0.3, 0.4) is 0 Å². The SMILES string of the molecule is Cc1nn(C)c(N(C)C2CCOCC2)c1CNC(C)C. The van der Waals surface area contributed by atoms with Crippen LogP contribution in [0.25, 0.3) is 0 Å². The molecule has 0 atom stereocenters. The smallest absolute Gasteiger partial charge is 0.131 e. The van der Waals surface area contributed by atoms with Crippen LogP contribution >= 0.6 is 0 Å². The number of ether oxygens (including phenoxy) is 1. The second-order valence-corrected chi connectivity index (χ2v) is 6.00. The van der Waals surface area contributed by atoms with Gasteiger partial charge in [0, 0.05) is 51.5 Å². The summed E-state index contributed by atoms with van der Waals surface area (Å²) in [4.78, 5) is 2.39. The third kappa shape index (κ3) is 3.33. The van der Waals surface area contributed by atoms with E-state index in [1.807, 2.05) is 11.7 Å². The molecule has 0 saturated carbocycles. The lowest BCUT2D eigenvalue weighted by Gasteiger charge is -2.33. The zero-order valence-corrected chi connectivity index (χ0v) is 13.4. The first-order chi connectivity index (χ1) is 9.50. The lowest BCUT2D eigenvalue weighted by Crippen LogP contribution is -2.38. The first-order valence-corrected chi connectivity index (χ1v) is 7.57. The predicted molar refractivity (Wildman–Crippen MR) is 82.2 cm³/mol. The molecular weight excluding hydrogens is 252 g/mol. The maximum absolute atomic E-state index is 5.47. The fraction of sp³-hybridized carbons (Fsp3) is 0.800. The molecule has 1 aliphatic rings. The van der Waals surface area contributed by atoms with Crippen LogP contribution in [0.1, 0.15) is 37.9 Å². The lowest BCUT2D eigenvalue weighted by molar-refractivity contribution is 0.0852. The number of aromatic nitrogens is 2. The van der Waals surface area contributed by atoms with Gasteiger partial charge in [-0.1, -0.05) is 13.8 Å². The van der Waals surface area contributed by atoms with Crippen molar-refractivity contribution < 1.29 is 4.74 Å². The van der Waals surface area contributed by atoms with Gasteiger partial charge in [-0.3, -0.25) is 4.68 Å². The normalized spacial score (nSPS) is 16.9. The van der Waals surface area contributed by atoms with E-state index in [2.05, 4.69) is 43.1 Å². The molecule has 5 nitrogen and oxygen atoms in total. The molecule has 1 saturated heterocycles. The Labute approximate surface area is 122 Å². The van der Waals surface area contributed by atoms with Gasteiger partial charge in [-0.05, 0) is 19.8 Å². The summed E-state index contributed by atoms with van der Waals surface area (Å²) < 4.78 is 7.48. The maximum atomic E-state index is 5.47. The minimum absolute atomic E-state index is 0.482. The Morgan fingerprint density at radius 1 is 1.40 bits per heavy atom. The number of nitrogens with one attached hydrogen (secondary N) is 1. The number of hydrogen-bond donors (Lipinski definition) is 1. The number of nitrogens with zero attached hydrogens (tertiary/aromatic N) is 3. The zero-order chi connectivity index (χ0) is 14.7. The van der Waals surface area contributed by atoms with E-state index in [0.717, 1.165) is 38.3 Å². The van der Waals surface area contributed by atoms with Crippen molar-refractivity contribution in [2.24, 2.45) is 7.05 Å². The molecule has 114 valence electrons. The molecule has 1 fully saturated rings. The van der Waals surface area contributed by atoms with Gasteiger partial charge in [0.25, 0.3) is 0 Å². The average Bonchev–Trinajstić information content (AvgIpc) is 2.70. The molecular formula is C15H28N4O. The minimum Gasteiger partial charge on any atom is -0.381 e. The molecule has 0 radical (unpaired) electrons. The van der Waals surface area contributed by atoms with Crippen molar-refractivity contribution in [2.75, 3.05) is 25.2 Å². The van der Waals surface area contributed by atoms with E-state index < -0.39 is 0 Å². The van der Waals surface area contributed by atoms with Gasteiger partial charge in [0.05, 0.1) is 5.69 Å². The molecule has 20 heavy (non-hydrogen) atoms. The van der Waals surface area contributed by atoms with Gasteiger partial charge in [0.1, 0.15) is 5.82 Å². The summed E-state index contributed by atoms with van der Waals surface area (Å²) in [5.74, 6) is 1.24. The number of rotatable bonds is 5. The van der Waals surface area contributed by atoms with Crippen molar-refractivity contribution in [3.8, 4) is 0 Å². The van der Waals surface area contributed by atoms with E-state index in [4.69, 9.17) is 4.74 Å². The van der Waals surface area contributed by atoms with Gasteiger partial charge < -0.3 is 15.0 Å². The average molecular weight is 280 g/mol. The standard InChI is InChI=1S/C15H28N4O/c1-11(2)16-10-14-12(3)17-19(5)15(14)18(4)13-6-8-20-9-7-13/h11,13,16H,6-10H2,1-5H3. The number of anilines is 1. The zero-order valence-electron chi connectivity index (χ0n) is 13.4. The highest BCUT2D eigenvalue weighted by Crippen LogP contribution is 2.26. The van der Waals surface area contributed by atoms with Crippen molar-refractivity contribution >= 4 is 5.82 Å². The van der Waals surface area contributed by atoms with E-state index in [1.54, 1.807) is 0 Å². The summed E-state index contributed by atoms with van der Waals surface area (Å²) in [5.41, 5.74) is 2.43. The third-order valence-corrected chi connectivity index (χ3v) is 4.07. The van der Waals surface area contributed by atoms with Gasteiger partial charge in [0.15, 0.2) is 0 Å². The molecule has 1 aliphatic heterocycles. The molecule has 5 heteroatoms. The summed E-state index contributed by atoms with van der Waals surface area (Å²) in [7, 11) is 4.22. The van der Waals surface area contributed by atoms with Crippen molar-refractivity contribution in [3.63, 3.8) is 0 Å². The van der Waals surface area contributed by atoms with Crippen LogP contribution in [0.4, 0.5) is 5.82 Å². The largest absolute Gasteiger partial charge is 0.381 e. The number of hydrogen-bond acceptors (Lipinski definition) is 4. The molecule has 0 unspecified atom stereocenters. The highest BCUT2D eigenvalue weighted by Gasteiger charge is 2.24. The Kier molecular flexibility index (Phi) is 5.05. The molecule has 0 aromatic carbocycles. The van der Waals surface area contributed by atoms with Crippen LogP contribution in [0, 0.1) is 6.92 Å². The molecule has 1 N–H and O–H groups in total. The fourth-order valence-corrected chi connectivity index (χ4v) is 2.89. The maximum Gasteiger partial charge on any atom is 0.131 e. The van der Waals surface area contributed by atoms with E-state index in [1.165, 1.54) is 11.4 Å². The Morgan fingerprint density at radius 2 is 2.05 bits per heavy atom. The van der Waals surface area contributed by atoms with Crippen molar-refractivity contribution in [2.45, 2.75) is 52.2 Å². The Morgan fingerprint density at radius 3 is 2.65 bits per heavy atom. The summed E-state index contributed by atoms with van der Waals surface area (Å²) in [6.45, 7) is 9.05. The van der Waals surface area contributed by atoms with Crippen LogP contribution in [-0.2, 0) is 18.3 Å². The van der Waals surface area contributed by atoms with Crippen LogP contribution in [0.15, 0.2) is 0 Å². The van der Waals surface area contributed by atoms with E-state index >= 15 is 0 Å². The highest BCUT2D eigenvalue weighted by molar-refractivity contribution is 5.50. The lowest BCUT2D eigenvalue weighted by atomic mass is 10.1. The molecule has 2 heterocycles. The van der Waals surface area contributed by atoms with Crippen LogP contribution in [-0.4, -0.2) is 42.1 Å². The second-order valence-electron chi connectivity index (χ2n) is 6.00. The van der Waals surface area contributed by atoms with Gasteiger partial charge in [-0.25, -0.2) is 0 Å². The van der Waals surface area contributed by atoms with Gasteiger partial charge in [-0.2, -0.15) is 5.10 Å². The molecule has 2 rings (SSSR count). The van der Waals surface area contributed by atoms with E-state index in [0.29, 0.717) is 12.1 Å². The number of aryl methyl sites for hydroxylation is 2. The molecule has 0 amide bonds. The molecule has 0 aliphatic carbocycles. The quantitative estimate of drug-likeness (QED) is 0.894. The summed E-state index contributed by atoms with van der Waals surface area (Å²) >= 11 is 0. The molecule has 0 spiro atoms. The second kappa shape index (κ2) is 6.59. The van der Waals surface area contributed by atoms with Crippen molar-refractivity contribution in [1.29, 1.82) is 0 Å². The van der Waals surface area contributed by atoms with Gasteiger partial charge in [0.2, 0.25) is 0 Å². The van der Waals surface area contributed by atoms with E-state index in [-0.39, 0.29) is 0 Å². The highest BCUT2D eigenvalue weighted by atomic mass is 16.5. The van der Waals surface area contributed by atoms with Crippen LogP contribution in [0.5, 0.6) is 0 Å². The first kappa shape index (κ1) is 15.3. The Hall–Kier alpha value is -1.07. The van der Waals surface area contributed by atoms with Gasteiger partial charge >= 0.3 is 0 Å². The minimum atomic E-state index is 0.482. The monoisotopic (exact) mass is 280 g/mol. The van der Waals surface area contributed by atoms with Crippen LogP contribution in [0.2, 0.25) is 0 Å². The van der Waals surface area contributed by atoms with E-state index in [9.17, 15) is 0 Å². The molecule has 0 bridgehead atoms. The topological polar surface area (TPSA) is 42.3 Å². The summed E-state index contributed by atoms with van der Waals surface area (Å²) in [6.07, 6.45) is 2.19. The molecule has 1 aromatic heterocycles. The Bertz CT molecular complexity index is 435. The predicted octanol–water partition coefficient (Wildman–Crippen LogP) is 1.84. The summed E-state index contributed by atoms with van der Waals surface area (Å²) in [5, 5.41) is 8.12.